The molecule has 0 spiro atoms. The largest absolute Gasteiger partial charge is 0.344 e. The zero-order valence-corrected chi connectivity index (χ0v) is 14.1. The molecule has 1 amide bonds. The molecule has 0 aliphatic heterocycles. The highest BCUT2D eigenvalue weighted by molar-refractivity contribution is 9.09. The van der Waals surface area contributed by atoms with Crippen LogP contribution in [0.2, 0.25) is 0 Å². The second kappa shape index (κ2) is 4.22. The van der Waals surface area contributed by atoms with E-state index >= 15 is 0 Å². The number of rotatable bonds is 3. The Morgan fingerprint density at radius 2 is 1.74 bits per heavy atom. The fourth-order valence-electron chi connectivity index (χ4n) is 6.32. The first-order valence-electron chi connectivity index (χ1n) is 7.62. The van der Waals surface area contributed by atoms with Crippen LogP contribution in [0.15, 0.2) is 0 Å². The van der Waals surface area contributed by atoms with E-state index in [1.807, 2.05) is 11.9 Å². The van der Waals surface area contributed by atoms with Crippen LogP contribution in [0.1, 0.15) is 52.4 Å². The molecule has 4 fully saturated rings. The third-order valence-electron chi connectivity index (χ3n) is 5.85. The lowest BCUT2D eigenvalue weighted by atomic mass is 9.40. The summed E-state index contributed by atoms with van der Waals surface area (Å²) in [4.78, 5) is 14.9. The lowest BCUT2D eigenvalue weighted by Gasteiger charge is -2.65. The Balaban J connectivity index is 1.90. The highest BCUT2D eigenvalue weighted by atomic mass is 79.9. The van der Waals surface area contributed by atoms with Crippen LogP contribution >= 0.6 is 15.9 Å². The normalized spacial score (nSPS) is 47.5. The number of halogens is 1. The van der Waals surface area contributed by atoms with Crippen molar-refractivity contribution in [2.45, 2.75) is 52.4 Å². The lowest BCUT2D eigenvalue weighted by Crippen LogP contribution is -2.60. The van der Waals surface area contributed by atoms with Crippen molar-refractivity contribution < 1.29 is 4.79 Å². The summed E-state index contributed by atoms with van der Waals surface area (Å²) in [5, 5.41) is 0.878. The molecule has 4 saturated carbocycles. The van der Waals surface area contributed by atoms with E-state index in [0.29, 0.717) is 16.7 Å². The van der Waals surface area contributed by atoms with Crippen molar-refractivity contribution in [2.75, 3.05) is 18.9 Å². The summed E-state index contributed by atoms with van der Waals surface area (Å²) in [7, 11) is 1.98. The van der Waals surface area contributed by atoms with Crippen molar-refractivity contribution in [3.8, 4) is 0 Å². The molecule has 19 heavy (non-hydrogen) atoms. The molecule has 0 radical (unpaired) electrons. The van der Waals surface area contributed by atoms with Gasteiger partial charge in [-0.3, -0.25) is 4.79 Å². The van der Waals surface area contributed by atoms with Gasteiger partial charge in [0.25, 0.3) is 0 Å². The SMILES string of the molecule is CN(CCBr)C(=O)C12CC3CC(C)(CC(C)(C3)C1)C2. The molecule has 2 atom stereocenters. The Kier molecular flexibility index (Phi) is 3.09. The van der Waals surface area contributed by atoms with E-state index in [2.05, 4.69) is 29.8 Å². The van der Waals surface area contributed by atoms with E-state index in [9.17, 15) is 4.79 Å². The predicted molar refractivity (Wildman–Crippen MR) is 81.3 cm³/mol. The van der Waals surface area contributed by atoms with E-state index in [4.69, 9.17) is 0 Å². The van der Waals surface area contributed by atoms with E-state index in [1.165, 1.54) is 19.3 Å². The first-order chi connectivity index (χ1) is 8.80. The van der Waals surface area contributed by atoms with E-state index < -0.39 is 0 Å². The van der Waals surface area contributed by atoms with Gasteiger partial charge in [-0.25, -0.2) is 0 Å². The minimum atomic E-state index is -0.0279. The zero-order valence-electron chi connectivity index (χ0n) is 12.5. The summed E-state index contributed by atoms with van der Waals surface area (Å²) in [6.45, 7) is 5.70. The fraction of sp³-hybridized carbons (Fsp3) is 0.938. The topological polar surface area (TPSA) is 20.3 Å². The molecular formula is C16H26BrNO. The number of hydrogen-bond acceptors (Lipinski definition) is 1. The standard InChI is InChI=1S/C16H26BrNO/c1-14-6-12-7-15(2,9-14)11-16(8-12,10-14)13(19)18(3)5-4-17/h12H,4-11H2,1-3H3. The third kappa shape index (κ3) is 2.16. The molecule has 4 bridgehead atoms. The smallest absolute Gasteiger partial charge is 0.228 e. The molecule has 108 valence electrons. The maximum atomic E-state index is 13.0. The molecule has 2 unspecified atom stereocenters. The molecule has 0 aromatic heterocycles. The molecule has 0 heterocycles. The molecule has 0 N–H and O–H groups in total. The van der Waals surface area contributed by atoms with Crippen molar-refractivity contribution in [2.24, 2.45) is 22.2 Å². The lowest BCUT2D eigenvalue weighted by molar-refractivity contribution is -0.178. The number of hydrogen-bond donors (Lipinski definition) is 0. The van der Waals surface area contributed by atoms with Gasteiger partial charge in [0.1, 0.15) is 0 Å². The van der Waals surface area contributed by atoms with Crippen molar-refractivity contribution in [1.29, 1.82) is 0 Å². The van der Waals surface area contributed by atoms with Crippen LogP contribution in [-0.4, -0.2) is 29.7 Å². The molecular weight excluding hydrogens is 302 g/mol. The number of amides is 1. The highest BCUT2D eigenvalue weighted by Gasteiger charge is 2.63. The maximum Gasteiger partial charge on any atom is 0.228 e. The summed E-state index contributed by atoms with van der Waals surface area (Å²) in [6, 6.07) is 0. The number of carbonyl (C=O) groups is 1. The predicted octanol–water partition coefficient (Wildman–Crippen LogP) is 3.84. The van der Waals surface area contributed by atoms with Gasteiger partial charge in [-0.15, -0.1) is 0 Å². The zero-order chi connectivity index (χ0) is 13.9. The van der Waals surface area contributed by atoms with Crippen LogP contribution < -0.4 is 0 Å². The van der Waals surface area contributed by atoms with Gasteiger partial charge in [0.05, 0.1) is 5.41 Å². The van der Waals surface area contributed by atoms with Crippen LogP contribution in [0.25, 0.3) is 0 Å². The summed E-state index contributed by atoms with van der Waals surface area (Å²) in [5.74, 6) is 1.22. The van der Waals surface area contributed by atoms with Gasteiger partial charge in [0.2, 0.25) is 5.91 Å². The Hall–Kier alpha value is -0.0500. The summed E-state index contributed by atoms with van der Waals surface area (Å²) < 4.78 is 0. The molecule has 2 nitrogen and oxygen atoms in total. The molecule has 0 aromatic carbocycles. The second-order valence-corrected chi connectivity index (χ2v) is 9.12. The van der Waals surface area contributed by atoms with E-state index in [0.717, 1.165) is 37.1 Å². The molecule has 4 aliphatic carbocycles. The number of alkyl halides is 1. The maximum absolute atomic E-state index is 13.0. The molecule has 3 heteroatoms. The average molecular weight is 328 g/mol. The number of nitrogens with zero attached hydrogens (tertiary/aromatic N) is 1. The van der Waals surface area contributed by atoms with E-state index in [1.54, 1.807) is 0 Å². The third-order valence-corrected chi connectivity index (χ3v) is 6.20. The Labute approximate surface area is 125 Å². The Morgan fingerprint density at radius 1 is 1.16 bits per heavy atom. The van der Waals surface area contributed by atoms with Gasteiger partial charge in [-0.2, -0.15) is 0 Å². The second-order valence-electron chi connectivity index (χ2n) is 8.33. The minimum absolute atomic E-state index is 0.0279. The minimum Gasteiger partial charge on any atom is -0.344 e. The Morgan fingerprint density at radius 3 is 2.21 bits per heavy atom. The van der Waals surface area contributed by atoms with Gasteiger partial charge in [-0.1, -0.05) is 29.8 Å². The van der Waals surface area contributed by atoms with E-state index in [-0.39, 0.29) is 5.41 Å². The van der Waals surface area contributed by atoms with Gasteiger partial charge in [-0.05, 0) is 55.3 Å². The van der Waals surface area contributed by atoms with Crippen molar-refractivity contribution in [1.82, 2.24) is 4.90 Å². The van der Waals surface area contributed by atoms with Gasteiger partial charge < -0.3 is 4.90 Å². The van der Waals surface area contributed by atoms with Crippen molar-refractivity contribution >= 4 is 21.8 Å². The highest BCUT2D eigenvalue weighted by Crippen LogP contribution is 2.69. The van der Waals surface area contributed by atoms with Crippen molar-refractivity contribution in [3.05, 3.63) is 0 Å². The summed E-state index contributed by atoms with van der Waals surface area (Å²) in [5.41, 5.74) is 0.831. The quantitative estimate of drug-likeness (QED) is 0.721. The van der Waals surface area contributed by atoms with Crippen LogP contribution in [0.5, 0.6) is 0 Å². The van der Waals surface area contributed by atoms with Crippen LogP contribution in [0.3, 0.4) is 0 Å². The van der Waals surface area contributed by atoms with Crippen LogP contribution in [0.4, 0.5) is 0 Å². The molecule has 0 saturated heterocycles. The number of carbonyl (C=O) groups excluding carboxylic acids is 1. The molecule has 4 aliphatic rings. The van der Waals surface area contributed by atoms with Crippen molar-refractivity contribution in [3.63, 3.8) is 0 Å². The van der Waals surface area contributed by atoms with Crippen LogP contribution in [0, 0.1) is 22.2 Å². The average Bonchev–Trinajstić information content (AvgIpc) is 2.23. The molecule has 0 aromatic rings. The van der Waals surface area contributed by atoms with Gasteiger partial charge in [0.15, 0.2) is 0 Å². The fourth-order valence-corrected chi connectivity index (χ4v) is 6.85. The van der Waals surface area contributed by atoms with Gasteiger partial charge >= 0.3 is 0 Å². The molecule has 4 rings (SSSR count). The first-order valence-corrected chi connectivity index (χ1v) is 8.74. The van der Waals surface area contributed by atoms with Gasteiger partial charge in [0, 0.05) is 18.9 Å². The Bertz CT molecular complexity index is 390. The first kappa shape index (κ1) is 13.9. The van der Waals surface area contributed by atoms with Crippen LogP contribution in [-0.2, 0) is 4.79 Å². The summed E-state index contributed by atoms with van der Waals surface area (Å²) in [6.07, 6.45) is 7.49. The monoisotopic (exact) mass is 327 g/mol. The summed E-state index contributed by atoms with van der Waals surface area (Å²) >= 11 is 3.46.